The van der Waals surface area contributed by atoms with Crippen LogP contribution in [0.4, 0.5) is 5.69 Å². The average molecular weight is 230 g/mol. The third-order valence-corrected chi connectivity index (χ3v) is 1.98. The summed E-state index contributed by atoms with van der Waals surface area (Å²) in [5.41, 5.74) is 7.23. The van der Waals surface area contributed by atoms with Crippen LogP contribution in [-0.2, 0) is 0 Å². The van der Waals surface area contributed by atoms with Gasteiger partial charge < -0.3 is 5.73 Å². The summed E-state index contributed by atoms with van der Waals surface area (Å²) in [4.78, 5) is 0. The second-order valence-corrected chi connectivity index (χ2v) is 3.09. The van der Waals surface area contributed by atoms with E-state index >= 15 is 0 Å². The number of rotatable bonds is 1. The summed E-state index contributed by atoms with van der Waals surface area (Å²) in [6.45, 7) is 0. The molecule has 1 aromatic heterocycles. The van der Waals surface area contributed by atoms with E-state index in [9.17, 15) is 0 Å². The molecule has 0 radical (unpaired) electrons. The number of nitrogens with two attached hydrogens (primary N) is 1. The summed E-state index contributed by atoms with van der Waals surface area (Å²) < 4.78 is 1.70. The van der Waals surface area contributed by atoms with Crippen molar-refractivity contribution in [2.24, 2.45) is 0 Å². The number of nitrogen functional groups attached to an aromatic ring is 1. The van der Waals surface area contributed by atoms with E-state index in [4.69, 9.17) is 17.3 Å². The lowest BCUT2D eigenvalue weighted by Gasteiger charge is -2.04. The van der Waals surface area contributed by atoms with Gasteiger partial charge in [0.15, 0.2) is 0 Å². The van der Waals surface area contributed by atoms with Gasteiger partial charge in [-0.1, -0.05) is 11.6 Å². The molecule has 2 rings (SSSR count). The van der Waals surface area contributed by atoms with Crippen molar-refractivity contribution in [1.29, 1.82) is 0 Å². The first kappa shape index (κ1) is 10.9. The quantitative estimate of drug-likeness (QED) is 0.765. The molecule has 0 amide bonds. The van der Waals surface area contributed by atoms with Crippen molar-refractivity contribution in [3.05, 3.63) is 41.7 Å². The molecule has 0 saturated heterocycles. The van der Waals surface area contributed by atoms with E-state index in [0.717, 1.165) is 5.69 Å². The van der Waals surface area contributed by atoms with Gasteiger partial charge in [0.2, 0.25) is 0 Å². The van der Waals surface area contributed by atoms with Crippen LogP contribution in [0.25, 0.3) is 5.69 Å². The minimum Gasteiger partial charge on any atom is -0.397 e. The first-order chi connectivity index (χ1) is 6.27. The third kappa shape index (κ3) is 2.00. The Balaban J connectivity index is 0.000000980. The number of halogens is 2. The Morgan fingerprint density at radius 1 is 1.36 bits per heavy atom. The molecule has 3 nitrogen and oxygen atoms in total. The second kappa shape index (κ2) is 4.35. The maximum absolute atomic E-state index is 5.77. The van der Waals surface area contributed by atoms with Gasteiger partial charge >= 0.3 is 0 Å². The molecular formula is C9H9Cl2N3. The fourth-order valence-corrected chi connectivity index (χ4v) is 1.33. The number of aromatic nitrogens is 2. The van der Waals surface area contributed by atoms with Crippen molar-refractivity contribution in [3.8, 4) is 5.69 Å². The number of hydrogen-bond acceptors (Lipinski definition) is 2. The van der Waals surface area contributed by atoms with Gasteiger partial charge in [0.1, 0.15) is 0 Å². The van der Waals surface area contributed by atoms with E-state index in [1.165, 1.54) is 0 Å². The Morgan fingerprint density at radius 2 is 2.14 bits per heavy atom. The Kier molecular flexibility index (Phi) is 3.38. The van der Waals surface area contributed by atoms with Crippen LogP contribution in [0.3, 0.4) is 0 Å². The monoisotopic (exact) mass is 229 g/mol. The van der Waals surface area contributed by atoms with Gasteiger partial charge in [-0.15, -0.1) is 12.4 Å². The van der Waals surface area contributed by atoms with Crippen molar-refractivity contribution in [2.45, 2.75) is 0 Å². The normalized spacial score (nSPS) is 9.50. The smallest absolute Gasteiger partial charge is 0.0875 e. The minimum atomic E-state index is 0. The van der Waals surface area contributed by atoms with Crippen molar-refractivity contribution < 1.29 is 0 Å². The van der Waals surface area contributed by atoms with Gasteiger partial charge in [-0.3, -0.25) is 0 Å². The van der Waals surface area contributed by atoms with E-state index < -0.39 is 0 Å². The first-order valence-electron chi connectivity index (χ1n) is 3.82. The Hall–Kier alpha value is -1.19. The molecular weight excluding hydrogens is 221 g/mol. The Labute approximate surface area is 92.9 Å². The molecule has 2 N–H and O–H groups in total. The molecule has 0 aliphatic heterocycles. The molecule has 14 heavy (non-hydrogen) atoms. The van der Waals surface area contributed by atoms with E-state index in [2.05, 4.69) is 5.10 Å². The van der Waals surface area contributed by atoms with Gasteiger partial charge in [-0.2, -0.15) is 5.10 Å². The van der Waals surface area contributed by atoms with E-state index in [1.807, 2.05) is 18.3 Å². The molecule has 0 bridgehead atoms. The number of nitrogens with zero attached hydrogens (tertiary/aromatic N) is 2. The van der Waals surface area contributed by atoms with E-state index in [-0.39, 0.29) is 12.4 Å². The average Bonchev–Trinajstić information content (AvgIpc) is 2.56. The third-order valence-electron chi connectivity index (χ3n) is 1.74. The van der Waals surface area contributed by atoms with Gasteiger partial charge in [0.05, 0.1) is 11.4 Å². The Bertz CT molecular complexity index is 412. The molecule has 2 aromatic rings. The van der Waals surface area contributed by atoms with Crippen LogP contribution >= 0.6 is 24.0 Å². The predicted molar refractivity (Wildman–Crippen MR) is 60.2 cm³/mol. The predicted octanol–water partition coefficient (Wildman–Crippen LogP) is 2.53. The highest BCUT2D eigenvalue weighted by atomic mass is 35.5. The van der Waals surface area contributed by atoms with Gasteiger partial charge in [0.25, 0.3) is 0 Å². The highest BCUT2D eigenvalue weighted by molar-refractivity contribution is 6.30. The lowest BCUT2D eigenvalue weighted by Crippen LogP contribution is -1.99. The van der Waals surface area contributed by atoms with Crippen LogP contribution in [0.1, 0.15) is 0 Å². The molecule has 1 heterocycles. The van der Waals surface area contributed by atoms with Crippen molar-refractivity contribution in [2.75, 3.05) is 5.73 Å². The van der Waals surface area contributed by atoms with Crippen LogP contribution < -0.4 is 5.73 Å². The lowest BCUT2D eigenvalue weighted by atomic mass is 10.3. The SMILES string of the molecule is Cl.Nc1cc(Cl)ccc1-n1cccn1. The number of benzene rings is 1. The summed E-state index contributed by atoms with van der Waals surface area (Å²) in [6, 6.07) is 7.17. The molecule has 5 heteroatoms. The summed E-state index contributed by atoms with van der Waals surface area (Å²) in [5.74, 6) is 0. The summed E-state index contributed by atoms with van der Waals surface area (Å²) in [7, 11) is 0. The van der Waals surface area contributed by atoms with Gasteiger partial charge in [-0.25, -0.2) is 4.68 Å². The van der Waals surface area contributed by atoms with Crippen LogP contribution in [0.2, 0.25) is 5.02 Å². The zero-order valence-corrected chi connectivity index (χ0v) is 8.79. The van der Waals surface area contributed by atoms with E-state index in [1.54, 1.807) is 23.0 Å². The molecule has 0 atom stereocenters. The summed E-state index contributed by atoms with van der Waals surface area (Å²) >= 11 is 5.77. The first-order valence-corrected chi connectivity index (χ1v) is 4.20. The van der Waals surface area contributed by atoms with Crippen LogP contribution in [-0.4, -0.2) is 9.78 Å². The minimum absolute atomic E-state index is 0. The van der Waals surface area contributed by atoms with Crippen LogP contribution in [0.5, 0.6) is 0 Å². The van der Waals surface area contributed by atoms with Crippen molar-refractivity contribution >= 4 is 29.7 Å². The highest BCUT2D eigenvalue weighted by Crippen LogP contribution is 2.20. The summed E-state index contributed by atoms with van der Waals surface area (Å²) in [6.07, 6.45) is 3.54. The van der Waals surface area contributed by atoms with Crippen molar-refractivity contribution in [1.82, 2.24) is 9.78 Å². The summed E-state index contributed by atoms with van der Waals surface area (Å²) in [5, 5.41) is 4.70. The lowest BCUT2D eigenvalue weighted by molar-refractivity contribution is 0.883. The molecule has 0 aliphatic rings. The van der Waals surface area contributed by atoms with Gasteiger partial charge in [0, 0.05) is 17.4 Å². The highest BCUT2D eigenvalue weighted by Gasteiger charge is 2.01. The largest absolute Gasteiger partial charge is 0.397 e. The standard InChI is InChI=1S/C9H8ClN3.ClH/c10-7-2-3-9(8(11)6-7)13-5-1-4-12-13;/h1-6H,11H2;1H. The fraction of sp³-hybridized carbons (Fsp3) is 0. The molecule has 74 valence electrons. The molecule has 1 aromatic carbocycles. The molecule has 0 saturated carbocycles. The zero-order valence-electron chi connectivity index (χ0n) is 7.22. The fourth-order valence-electron chi connectivity index (χ4n) is 1.15. The molecule has 0 fully saturated rings. The number of hydrogen-bond donors (Lipinski definition) is 1. The van der Waals surface area contributed by atoms with E-state index in [0.29, 0.717) is 10.7 Å². The number of anilines is 1. The Morgan fingerprint density at radius 3 is 2.71 bits per heavy atom. The second-order valence-electron chi connectivity index (χ2n) is 2.65. The molecule has 0 spiro atoms. The van der Waals surface area contributed by atoms with Crippen LogP contribution in [0.15, 0.2) is 36.7 Å². The molecule has 0 unspecified atom stereocenters. The zero-order chi connectivity index (χ0) is 9.26. The maximum Gasteiger partial charge on any atom is 0.0875 e. The van der Waals surface area contributed by atoms with Gasteiger partial charge in [-0.05, 0) is 24.3 Å². The van der Waals surface area contributed by atoms with Crippen LogP contribution in [0, 0.1) is 0 Å². The topological polar surface area (TPSA) is 43.8 Å². The maximum atomic E-state index is 5.77. The molecule has 0 aliphatic carbocycles. The van der Waals surface area contributed by atoms with Crippen molar-refractivity contribution in [3.63, 3.8) is 0 Å².